The second kappa shape index (κ2) is 6.68. The maximum atomic E-state index is 5.86. The zero-order valence-corrected chi connectivity index (χ0v) is 14.2. The molecule has 1 aliphatic heterocycles. The molecule has 0 bridgehead atoms. The van der Waals surface area contributed by atoms with Gasteiger partial charge in [0.25, 0.3) is 0 Å². The monoisotopic (exact) mass is 339 g/mol. The van der Waals surface area contributed by atoms with Crippen LogP contribution >= 0.6 is 0 Å². The fourth-order valence-electron chi connectivity index (χ4n) is 3.30. The zero-order chi connectivity index (χ0) is 17.2. The number of aryl methyl sites for hydroxylation is 1. The molecule has 0 spiro atoms. The number of nitrogen functional groups attached to an aromatic ring is 1. The molecule has 1 aliphatic rings. The van der Waals surface area contributed by atoms with E-state index in [0.717, 1.165) is 49.5 Å². The first-order valence-corrected chi connectivity index (χ1v) is 8.52. The summed E-state index contributed by atoms with van der Waals surface area (Å²) in [5.74, 6) is 2.39. The number of hydrogen-bond acceptors (Lipinski definition) is 7. The number of benzene rings is 1. The Bertz CT molecular complexity index is 842. The van der Waals surface area contributed by atoms with Crippen molar-refractivity contribution in [3.8, 4) is 11.5 Å². The van der Waals surface area contributed by atoms with Gasteiger partial charge in [-0.25, -0.2) is 4.98 Å². The minimum atomic E-state index is 0.131. The number of aromatic nitrogens is 3. The third-order valence-electron chi connectivity index (χ3n) is 4.60. The van der Waals surface area contributed by atoms with Gasteiger partial charge in [-0.1, -0.05) is 23.3 Å². The Balaban J connectivity index is 1.47. The maximum absolute atomic E-state index is 5.86. The van der Waals surface area contributed by atoms with Gasteiger partial charge in [-0.05, 0) is 38.4 Å². The average molecular weight is 339 g/mol. The van der Waals surface area contributed by atoms with Crippen LogP contribution in [0, 0.1) is 6.92 Å². The normalized spacial score (nSPS) is 18.5. The van der Waals surface area contributed by atoms with Gasteiger partial charge < -0.3 is 14.6 Å². The molecular formula is C18H21N5O2. The van der Waals surface area contributed by atoms with Gasteiger partial charge in [0.05, 0.1) is 11.6 Å². The van der Waals surface area contributed by atoms with E-state index in [1.54, 1.807) is 0 Å². The summed E-state index contributed by atoms with van der Waals surface area (Å²) in [5.41, 5.74) is 7.52. The van der Waals surface area contributed by atoms with E-state index < -0.39 is 0 Å². The molecule has 0 radical (unpaired) electrons. The minimum absolute atomic E-state index is 0.131. The molecule has 7 nitrogen and oxygen atoms in total. The van der Waals surface area contributed by atoms with E-state index in [1.165, 1.54) is 0 Å². The summed E-state index contributed by atoms with van der Waals surface area (Å²) in [7, 11) is 0. The first-order chi connectivity index (χ1) is 12.2. The number of rotatable bonds is 4. The van der Waals surface area contributed by atoms with Gasteiger partial charge in [-0.15, -0.1) is 5.10 Å². The van der Waals surface area contributed by atoms with Crippen LogP contribution < -0.4 is 5.73 Å². The molecule has 2 N–H and O–H groups in total. The van der Waals surface area contributed by atoms with Gasteiger partial charge in [0.15, 0.2) is 0 Å². The maximum Gasteiger partial charge on any atom is 0.312 e. The molecule has 0 saturated carbocycles. The molecule has 1 saturated heterocycles. The van der Waals surface area contributed by atoms with Crippen molar-refractivity contribution in [3.05, 3.63) is 47.7 Å². The molecule has 1 atom stereocenters. The van der Waals surface area contributed by atoms with Crippen molar-refractivity contribution in [1.82, 2.24) is 20.1 Å². The number of oxazole rings is 1. The first-order valence-electron chi connectivity index (χ1n) is 8.52. The highest BCUT2D eigenvalue weighted by Gasteiger charge is 2.26. The van der Waals surface area contributed by atoms with Crippen LogP contribution in [0.5, 0.6) is 0 Å². The Hall–Kier alpha value is -2.67. The molecule has 1 fully saturated rings. The number of piperidine rings is 1. The molecule has 1 aromatic carbocycles. The molecule has 130 valence electrons. The molecule has 7 heteroatoms. The fraction of sp³-hybridized carbons (Fsp3) is 0.389. The number of likely N-dealkylation sites (tertiary alicyclic amines) is 1. The Labute approximate surface area is 145 Å². The van der Waals surface area contributed by atoms with Crippen LogP contribution in [0.3, 0.4) is 0 Å². The van der Waals surface area contributed by atoms with Crippen molar-refractivity contribution in [1.29, 1.82) is 0 Å². The zero-order valence-electron chi connectivity index (χ0n) is 14.2. The fourth-order valence-corrected chi connectivity index (χ4v) is 3.30. The second-order valence-electron chi connectivity index (χ2n) is 6.44. The predicted octanol–water partition coefficient (Wildman–Crippen LogP) is 2.99. The smallest absolute Gasteiger partial charge is 0.312 e. The summed E-state index contributed by atoms with van der Waals surface area (Å²) >= 11 is 0. The third kappa shape index (κ3) is 3.41. The summed E-state index contributed by atoms with van der Waals surface area (Å²) in [6.07, 6.45) is 2.11. The minimum Gasteiger partial charge on any atom is -0.441 e. The van der Waals surface area contributed by atoms with E-state index in [0.29, 0.717) is 11.8 Å². The number of hydrogen-bond donors (Lipinski definition) is 1. The predicted molar refractivity (Wildman–Crippen MR) is 92.6 cm³/mol. The molecule has 3 heterocycles. The molecule has 3 aromatic rings. The molecule has 1 unspecified atom stereocenters. The van der Waals surface area contributed by atoms with Crippen LogP contribution in [-0.4, -0.2) is 33.2 Å². The van der Waals surface area contributed by atoms with Crippen LogP contribution in [0.25, 0.3) is 11.5 Å². The number of nitrogens with zero attached hydrogens (tertiary/aromatic N) is 4. The van der Waals surface area contributed by atoms with Gasteiger partial charge in [-0.3, -0.25) is 4.90 Å². The topological polar surface area (TPSA) is 94.2 Å². The lowest BCUT2D eigenvalue weighted by Gasteiger charge is -2.30. The van der Waals surface area contributed by atoms with Gasteiger partial charge in [0.2, 0.25) is 11.8 Å². The highest BCUT2D eigenvalue weighted by atomic mass is 16.4. The standard InChI is InChI=1S/C18H21N5O2/c1-12-15(20-16(24-12)13-6-3-2-4-7-13)11-23-9-5-8-14(10-23)17-21-22-18(19)25-17/h2-4,6-7,14H,5,8-11H2,1H3,(H2,19,22). The Morgan fingerprint density at radius 1 is 1.20 bits per heavy atom. The largest absolute Gasteiger partial charge is 0.441 e. The van der Waals surface area contributed by atoms with Crippen LogP contribution in [0.4, 0.5) is 6.01 Å². The van der Waals surface area contributed by atoms with Crippen LogP contribution in [0.1, 0.15) is 36.1 Å². The van der Waals surface area contributed by atoms with Crippen molar-refractivity contribution < 1.29 is 8.83 Å². The van der Waals surface area contributed by atoms with E-state index >= 15 is 0 Å². The van der Waals surface area contributed by atoms with Crippen molar-refractivity contribution in [2.24, 2.45) is 0 Å². The Morgan fingerprint density at radius 2 is 2.04 bits per heavy atom. The van der Waals surface area contributed by atoms with Crippen LogP contribution in [0.2, 0.25) is 0 Å². The molecule has 2 aromatic heterocycles. The average Bonchev–Trinajstić information content (AvgIpc) is 3.22. The number of anilines is 1. The van der Waals surface area contributed by atoms with Crippen molar-refractivity contribution >= 4 is 6.01 Å². The lowest BCUT2D eigenvalue weighted by Crippen LogP contribution is -2.34. The van der Waals surface area contributed by atoms with Gasteiger partial charge in [-0.2, -0.15) is 0 Å². The highest BCUT2D eigenvalue weighted by Crippen LogP contribution is 2.28. The lowest BCUT2D eigenvalue weighted by atomic mass is 9.98. The summed E-state index contributed by atoms with van der Waals surface area (Å²) < 4.78 is 11.3. The van der Waals surface area contributed by atoms with Gasteiger partial charge >= 0.3 is 6.01 Å². The van der Waals surface area contributed by atoms with E-state index in [2.05, 4.69) is 15.1 Å². The van der Waals surface area contributed by atoms with Crippen molar-refractivity contribution in [3.63, 3.8) is 0 Å². The van der Waals surface area contributed by atoms with Crippen molar-refractivity contribution in [2.75, 3.05) is 18.8 Å². The van der Waals surface area contributed by atoms with Gasteiger partial charge in [0, 0.05) is 18.7 Å². The van der Waals surface area contributed by atoms with E-state index in [-0.39, 0.29) is 11.9 Å². The number of nitrogens with two attached hydrogens (primary N) is 1. The molecule has 0 amide bonds. The van der Waals surface area contributed by atoms with Gasteiger partial charge in [0.1, 0.15) is 5.76 Å². The summed E-state index contributed by atoms with van der Waals surface area (Å²) in [5, 5.41) is 7.81. The molecule has 25 heavy (non-hydrogen) atoms. The summed E-state index contributed by atoms with van der Waals surface area (Å²) in [6.45, 7) is 4.60. The van der Waals surface area contributed by atoms with Crippen LogP contribution in [-0.2, 0) is 6.54 Å². The lowest BCUT2D eigenvalue weighted by molar-refractivity contribution is 0.184. The third-order valence-corrected chi connectivity index (χ3v) is 4.60. The first kappa shape index (κ1) is 15.8. The van der Waals surface area contributed by atoms with E-state index in [4.69, 9.17) is 19.6 Å². The SMILES string of the molecule is Cc1oc(-c2ccccc2)nc1CN1CCCC(c2nnc(N)o2)C1. The van der Waals surface area contributed by atoms with Crippen molar-refractivity contribution in [2.45, 2.75) is 32.2 Å². The van der Waals surface area contributed by atoms with E-state index in [9.17, 15) is 0 Å². The summed E-state index contributed by atoms with van der Waals surface area (Å²) in [4.78, 5) is 7.05. The second-order valence-corrected chi connectivity index (χ2v) is 6.44. The van der Waals surface area contributed by atoms with Crippen LogP contribution in [0.15, 0.2) is 39.2 Å². The highest BCUT2D eigenvalue weighted by molar-refractivity contribution is 5.53. The Kier molecular flexibility index (Phi) is 4.23. The molecular weight excluding hydrogens is 318 g/mol. The quantitative estimate of drug-likeness (QED) is 0.780. The van der Waals surface area contributed by atoms with E-state index in [1.807, 2.05) is 37.3 Å². The summed E-state index contributed by atoms with van der Waals surface area (Å²) in [6, 6.07) is 10.1. The molecule has 0 aliphatic carbocycles. The Morgan fingerprint density at radius 3 is 2.80 bits per heavy atom. The molecule has 4 rings (SSSR count).